The lowest BCUT2D eigenvalue weighted by atomic mass is 10.2. The van der Waals surface area contributed by atoms with Crippen LogP contribution >= 0.6 is 0 Å². The molecule has 1 aliphatic heterocycles. The maximum Gasteiger partial charge on any atom is 0.244 e. The molecular formula is C22H25N3O3. The molecule has 0 radical (unpaired) electrons. The Balaban J connectivity index is 1.36. The molecule has 0 saturated carbocycles. The third-order valence-electron chi connectivity index (χ3n) is 5.04. The second-order valence-electron chi connectivity index (χ2n) is 7.00. The van der Waals surface area contributed by atoms with Crippen LogP contribution in [-0.4, -0.2) is 48.8 Å². The number of nitrogens with zero attached hydrogens (tertiary/aromatic N) is 2. The van der Waals surface area contributed by atoms with Crippen LogP contribution in [0, 0.1) is 0 Å². The standard InChI is InChI=1S/C22H25N3O3/c1-27-20-6-7-21-18(14-20)8-9-25(21)16-22(26)23-19-4-2-17(3-5-19)15-24-10-12-28-13-11-24/h2-9,14H,10-13,15-16H2,1H3,(H,23,26). The van der Waals surface area contributed by atoms with Gasteiger partial charge in [-0.2, -0.15) is 0 Å². The maximum atomic E-state index is 12.5. The van der Waals surface area contributed by atoms with E-state index in [1.54, 1.807) is 7.11 Å². The number of rotatable bonds is 6. The summed E-state index contributed by atoms with van der Waals surface area (Å²) in [5.74, 6) is 0.765. The van der Waals surface area contributed by atoms with Crippen LogP contribution in [0.4, 0.5) is 5.69 Å². The molecule has 0 spiro atoms. The van der Waals surface area contributed by atoms with Crippen molar-refractivity contribution in [1.82, 2.24) is 9.47 Å². The number of methoxy groups -OCH3 is 1. The highest BCUT2D eigenvalue weighted by Crippen LogP contribution is 2.22. The van der Waals surface area contributed by atoms with Crippen LogP contribution < -0.4 is 10.1 Å². The molecule has 1 amide bonds. The number of nitrogens with one attached hydrogen (secondary N) is 1. The number of morpholine rings is 1. The van der Waals surface area contributed by atoms with E-state index in [-0.39, 0.29) is 12.5 Å². The number of carbonyl (C=O) groups excluding carboxylic acids is 1. The van der Waals surface area contributed by atoms with Gasteiger partial charge in [0.1, 0.15) is 12.3 Å². The Morgan fingerprint density at radius 1 is 1.11 bits per heavy atom. The summed E-state index contributed by atoms with van der Waals surface area (Å²) < 4.78 is 12.6. The predicted octanol–water partition coefficient (Wildman–Crippen LogP) is 3.12. The number of benzene rings is 2. The molecule has 0 unspecified atom stereocenters. The molecule has 0 aliphatic carbocycles. The van der Waals surface area contributed by atoms with Crippen LogP contribution in [0.1, 0.15) is 5.56 Å². The number of hydrogen-bond acceptors (Lipinski definition) is 4. The first kappa shape index (κ1) is 18.5. The van der Waals surface area contributed by atoms with Gasteiger partial charge < -0.3 is 19.4 Å². The Morgan fingerprint density at radius 2 is 1.89 bits per heavy atom. The van der Waals surface area contributed by atoms with E-state index >= 15 is 0 Å². The van der Waals surface area contributed by atoms with Crippen molar-refractivity contribution in [2.75, 3.05) is 38.7 Å². The van der Waals surface area contributed by atoms with E-state index < -0.39 is 0 Å². The van der Waals surface area contributed by atoms with Crippen molar-refractivity contribution in [2.24, 2.45) is 0 Å². The van der Waals surface area contributed by atoms with Gasteiger partial charge in [0.15, 0.2) is 0 Å². The van der Waals surface area contributed by atoms with Crippen molar-refractivity contribution < 1.29 is 14.3 Å². The van der Waals surface area contributed by atoms with Gasteiger partial charge in [-0.1, -0.05) is 12.1 Å². The fraction of sp³-hybridized carbons (Fsp3) is 0.318. The van der Waals surface area contributed by atoms with Gasteiger partial charge in [-0.05, 0) is 42.0 Å². The Bertz CT molecular complexity index is 943. The molecule has 4 rings (SSSR count). The lowest BCUT2D eigenvalue weighted by molar-refractivity contribution is -0.116. The molecule has 0 atom stereocenters. The van der Waals surface area contributed by atoms with Crippen molar-refractivity contribution in [3.63, 3.8) is 0 Å². The molecule has 1 aromatic heterocycles. The zero-order valence-corrected chi connectivity index (χ0v) is 16.1. The van der Waals surface area contributed by atoms with Gasteiger partial charge >= 0.3 is 0 Å². The summed E-state index contributed by atoms with van der Waals surface area (Å²) in [7, 11) is 1.65. The SMILES string of the molecule is COc1ccc2c(ccn2CC(=O)Nc2ccc(CN3CCOCC3)cc2)c1. The lowest BCUT2D eigenvalue weighted by Gasteiger charge is -2.26. The number of aromatic nitrogens is 1. The lowest BCUT2D eigenvalue weighted by Crippen LogP contribution is -2.35. The van der Waals surface area contributed by atoms with Crippen LogP contribution in [-0.2, 0) is 22.6 Å². The molecule has 2 aromatic carbocycles. The van der Waals surface area contributed by atoms with E-state index in [1.807, 2.05) is 47.2 Å². The molecular weight excluding hydrogens is 354 g/mol. The molecule has 28 heavy (non-hydrogen) atoms. The van der Waals surface area contributed by atoms with E-state index in [0.717, 1.165) is 55.2 Å². The minimum absolute atomic E-state index is 0.0470. The smallest absolute Gasteiger partial charge is 0.244 e. The van der Waals surface area contributed by atoms with Crippen LogP contribution in [0.25, 0.3) is 10.9 Å². The molecule has 1 aliphatic rings. The first-order valence-electron chi connectivity index (χ1n) is 9.53. The van der Waals surface area contributed by atoms with Crippen molar-refractivity contribution >= 4 is 22.5 Å². The van der Waals surface area contributed by atoms with E-state index in [2.05, 4.69) is 22.3 Å². The Hall–Kier alpha value is -2.83. The normalized spacial score (nSPS) is 14.9. The fourth-order valence-corrected chi connectivity index (χ4v) is 3.51. The van der Waals surface area contributed by atoms with E-state index in [1.165, 1.54) is 5.56 Å². The second-order valence-corrected chi connectivity index (χ2v) is 7.00. The predicted molar refractivity (Wildman–Crippen MR) is 110 cm³/mol. The highest BCUT2D eigenvalue weighted by atomic mass is 16.5. The van der Waals surface area contributed by atoms with Crippen molar-refractivity contribution in [1.29, 1.82) is 0 Å². The van der Waals surface area contributed by atoms with Gasteiger partial charge in [-0.15, -0.1) is 0 Å². The number of anilines is 1. The Kier molecular flexibility index (Phi) is 5.60. The molecule has 1 saturated heterocycles. The van der Waals surface area contributed by atoms with Gasteiger partial charge in [0.2, 0.25) is 5.91 Å². The first-order valence-corrected chi connectivity index (χ1v) is 9.53. The van der Waals surface area contributed by atoms with Crippen LogP contribution in [0.15, 0.2) is 54.7 Å². The fourth-order valence-electron chi connectivity index (χ4n) is 3.51. The van der Waals surface area contributed by atoms with Gasteiger partial charge in [0.25, 0.3) is 0 Å². The maximum absolute atomic E-state index is 12.5. The molecule has 3 aromatic rings. The zero-order chi connectivity index (χ0) is 19.3. The molecule has 146 valence electrons. The van der Waals surface area contributed by atoms with Crippen molar-refractivity contribution in [3.8, 4) is 5.75 Å². The van der Waals surface area contributed by atoms with Crippen LogP contribution in [0.5, 0.6) is 5.75 Å². The molecule has 1 fully saturated rings. The average molecular weight is 379 g/mol. The minimum atomic E-state index is -0.0470. The summed E-state index contributed by atoms with van der Waals surface area (Å²) in [5.41, 5.74) is 3.07. The largest absolute Gasteiger partial charge is 0.497 e. The Labute approximate surface area is 164 Å². The van der Waals surface area contributed by atoms with E-state index in [0.29, 0.717) is 0 Å². The van der Waals surface area contributed by atoms with Crippen molar-refractivity contribution in [3.05, 3.63) is 60.3 Å². The van der Waals surface area contributed by atoms with Gasteiger partial charge in [-0.25, -0.2) is 0 Å². The molecule has 6 heteroatoms. The minimum Gasteiger partial charge on any atom is -0.497 e. The van der Waals surface area contributed by atoms with Crippen molar-refractivity contribution in [2.45, 2.75) is 13.1 Å². The monoisotopic (exact) mass is 379 g/mol. The van der Waals surface area contributed by atoms with Gasteiger partial charge in [0.05, 0.1) is 20.3 Å². The van der Waals surface area contributed by atoms with Crippen LogP contribution in [0.3, 0.4) is 0 Å². The number of ether oxygens (including phenoxy) is 2. The molecule has 0 bridgehead atoms. The average Bonchev–Trinajstić information content (AvgIpc) is 3.12. The number of amides is 1. The third kappa shape index (κ3) is 4.35. The molecule has 6 nitrogen and oxygen atoms in total. The summed E-state index contributed by atoms with van der Waals surface area (Å²) in [6.45, 7) is 4.72. The zero-order valence-electron chi connectivity index (χ0n) is 16.1. The summed E-state index contributed by atoms with van der Waals surface area (Å²) in [5, 5.41) is 4.04. The summed E-state index contributed by atoms with van der Waals surface area (Å²) >= 11 is 0. The first-order chi connectivity index (χ1) is 13.7. The summed E-state index contributed by atoms with van der Waals surface area (Å²) in [6, 6.07) is 15.9. The second kappa shape index (κ2) is 8.46. The summed E-state index contributed by atoms with van der Waals surface area (Å²) in [6.07, 6.45) is 1.93. The van der Waals surface area contributed by atoms with Gasteiger partial charge in [-0.3, -0.25) is 9.69 Å². The molecule has 2 heterocycles. The topological polar surface area (TPSA) is 55.7 Å². The van der Waals surface area contributed by atoms with E-state index in [4.69, 9.17) is 9.47 Å². The molecule has 1 N–H and O–H groups in total. The summed E-state index contributed by atoms with van der Waals surface area (Å²) in [4.78, 5) is 14.8. The van der Waals surface area contributed by atoms with Gasteiger partial charge in [0, 0.05) is 42.4 Å². The highest BCUT2D eigenvalue weighted by molar-refractivity contribution is 5.92. The number of hydrogen-bond donors (Lipinski definition) is 1. The third-order valence-corrected chi connectivity index (χ3v) is 5.04. The number of fused-ring (bicyclic) bond motifs is 1. The number of carbonyl (C=O) groups is 1. The van der Waals surface area contributed by atoms with E-state index in [9.17, 15) is 4.79 Å². The highest BCUT2D eigenvalue weighted by Gasteiger charge is 2.11. The quantitative estimate of drug-likeness (QED) is 0.715. The Morgan fingerprint density at radius 3 is 2.64 bits per heavy atom. The van der Waals surface area contributed by atoms with Crippen LogP contribution in [0.2, 0.25) is 0 Å².